The Morgan fingerprint density at radius 2 is 1.59 bits per heavy atom. The van der Waals surface area contributed by atoms with Crippen molar-refractivity contribution in [3.63, 3.8) is 0 Å². The number of aliphatic hydroxyl groups is 1. The molecule has 0 aromatic carbocycles. The third-order valence-corrected chi connectivity index (χ3v) is 6.42. The molecule has 0 aliphatic heterocycles. The maximum atomic E-state index is 9.63. The highest BCUT2D eigenvalue weighted by molar-refractivity contribution is 7.80. The van der Waals surface area contributed by atoms with E-state index < -0.39 is 8.80 Å². The van der Waals surface area contributed by atoms with Crippen LogP contribution < -0.4 is 0 Å². The van der Waals surface area contributed by atoms with Crippen molar-refractivity contribution in [1.29, 1.82) is 0 Å². The van der Waals surface area contributed by atoms with Crippen LogP contribution >= 0.6 is 12.2 Å². The van der Waals surface area contributed by atoms with Gasteiger partial charge in [-0.05, 0) is 46.3 Å². The van der Waals surface area contributed by atoms with Gasteiger partial charge in [0.2, 0.25) is 0 Å². The smallest absolute Gasteiger partial charge is 0.502 e. The average Bonchev–Trinajstić information content (AvgIpc) is 2.15. The first-order valence-corrected chi connectivity index (χ1v) is 8.13. The molecular formula is C11H24O4SSi. The first-order chi connectivity index (χ1) is 7.79. The van der Waals surface area contributed by atoms with Crippen LogP contribution in [0.2, 0.25) is 5.54 Å². The third-order valence-electron chi connectivity index (χ3n) is 2.22. The summed E-state index contributed by atoms with van der Waals surface area (Å²) in [4.78, 5) is 0. The van der Waals surface area contributed by atoms with E-state index in [1.807, 2.05) is 34.6 Å². The summed E-state index contributed by atoms with van der Waals surface area (Å²) in [5, 5.41) is 9.54. The summed E-state index contributed by atoms with van der Waals surface area (Å²) in [5.41, 5.74) is -0.354. The molecule has 6 heteroatoms. The van der Waals surface area contributed by atoms with E-state index in [0.29, 0.717) is 6.42 Å². The molecule has 0 rings (SSSR count). The molecule has 17 heavy (non-hydrogen) atoms. The fraction of sp³-hybridized carbons (Fsp3) is 0.909. The fourth-order valence-corrected chi connectivity index (χ4v) is 5.24. The number of hydrogen-bond acceptors (Lipinski definition) is 4. The van der Waals surface area contributed by atoms with Crippen molar-refractivity contribution >= 4 is 26.1 Å². The summed E-state index contributed by atoms with van der Waals surface area (Å²) >= 11 is 4.89. The lowest BCUT2D eigenvalue weighted by Crippen LogP contribution is -2.54. The van der Waals surface area contributed by atoms with Crippen LogP contribution in [-0.2, 0) is 13.3 Å². The molecular weight excluding hydrogens is 256 g/mol. The van der Waals surface area contributed by atoms with Crippen LogP contribution in [0.5, 0.6) is 0 Å². The Bertz CT molecular complexity index is 236. The van der Waals surface area contributed by atoms with Crippen molar-refractivity contribution < 1.29 is 18.4 Å². The minimum absolute atomic E-state index is 0.0382. The van der Waals surface area contributed by atoms with Gasteiger partial charge in [-0.2, -0.15) is 0 Å². The molecule has 4 nitrogen and oxygen atoms in total. The van der Waals surface area contributed by atoms with Gasteiger partial charge in [0.15, 0.2) is 5.05 Å². The molecule has 0 aliphatic carbocycles. The van der Waals surface area contributed by atoms with Crippen LogP contribution in [-0.4, -0.2) is 38.3 Å². The van der Waals surface area contributed by atoms with Crippen LogP contribution in [0.1, 0.15) is 41.0 Å². The van der Waals surface area contributed by atoms with E-state index in [0.717, 1.165) is 0 Å². The molecule has 1 atom stereocenters. The maximum Gasteiger partial charge on any atom is 0.513 e. The van der Waals surface area contributed by atoms with E-state index in [4.69, 9.17) is 25.5 Å². The van der Waals surface area contributed by atoms with E-state index in [1.54, 1.807) is 7.11 Å². The lowest BCUT2D eigenvalue weighted by atomic mass is 10.3. The largest absolute Gasteiger partial charge is 0.513 e. The first kappa shape index (κ1) is 17.0. The van der Waals surface area contributed by atoms with Crippen molar-refractivity contribution in [3.8, 4) is 0 Å². The van der Waals surface area contributed by atoms with Crippen LogP contribution in [0.15, 0.2) is 0 Å². The minimum Gasteiger partial charge on any atom is -0.502 e. The van der Waals surface area contributed by atoms with Gasteiger partial charge in [0, 0.05) is 19.3 Å². The number of aliphatic hydroxyl groups excluding tert-OH is 1. The van der Waals surface area contributed by atoms with Crippen molar-refractivity contribution in [1.82, 2.24) is 0 Å². The lowest BCUT2D eigenvalue weighted by molar-refractivity contribution is 0.0279. The topological polar surface area (TPSA) is 47.9 Å². The van der Waals surface area contributed by atoms with Crippen molar-refractivity contribution in [2.75, 3.05) is 7.11 Å². The second-order valence-corrected chi connectivity index (χ2v) is 7.64. The average molecular weight is 280 g/mol. The van der Waals surface area contributed by atoms with Gasteiger partial charge in [-0.3, -0.25) is 0 Å². The summed E-state index contributed by atoms with van der Waals surface area (Å²) in [6.45, 7) is 9.59. The Balaban J connectivity index is 5.20. The van der Waals surface area contributed by atoms with Gasteiger partial charge >= 0.3 is 8.80 Å². The molecule has 0 aliphatic rings. The molecule has 0 fully saturated rings. The first-order valence-electron chi connectivity index (χ1n) is 5.92. The quantitative estimate of drug-likeness (QED) is 0.547. The van der Waals surface area contributed by atoms with Gasteiger partial charge in [0.25, 0.3) is 0 Å². The predicted octanol–water partition coefficient (Wildman–Crippen LogP) is 3.09. The number of hydrogen-bond donors (Lipinski definition) is 1. The highest BCUT2D eigenvalue weighted by Crippen LogP contribution is 2.31. The zero-order chi connectivity index (χ0) is 13.6. The normalized spacial score (nSPS) is 14.4. The molecule has 0 radical (unpaired) electrons. The Morgan fingerprint density at radius 3 is 1.76 bits per heavy atom. The number of rotatable bonds is 8. The van der Waals surface area contributed by atoms with Crippen LogP contribution in [0.3, 0.4) is 0 Å². The van der Waals surface area contributed by atoms with Crippen molar-refractivity contribution in [3.05, 3.63) is 0 Å². The van der Waals surface area contributed by atoms with Gasteiger partial charge in [0.05, 0.1) is 5.54 Å². The summed E-state index contributed by atoms with van der Waals surface area (Å²) in [7, 11) is -1.43. The van der Waals surface area contributed by atoms with Gasteiger partial charge in [-0.1, -0.05) is 6.92 Å². The lowest BCUT2D eigenvalue weighted by Gasteiger charge is -2.36. The van der Waals surface area contributed by atoms with Gasteiger partial charge in [-0.25, -0.2) is 0 Å². The molecule has 0 aromatic rings. The minimum atomic E-state index is -2.98. The van der Waals surface area contributed by atoms with E-state index in [-0.39, 0.29) is 22.8 Å². The predicted molar refractivity (Wildman–Crippen MR) is 74.5 cm³/mol. The van der Waals surface area contributed by atoms with Gasteiger partial charge in [0.1, 0.15) is 0 Å². The highest BCUT2D eigenvalue weighted by atomic mass is 32.1. The molecule has 1 N–H and O–H groups in total. The van der Waals surface area contributed by atoms with Crippen LogP contribution in [0, 0.1) is 0 Å². The van der Waals surface area contributed by atoms with Gasteiger partial charge in [-0.15, -0.1) is 0 Å². The molecule has 0 aromatic heterocycles. The summed E-state index contributed by atoms with van der Waals surface area (Å²) < 4.78 is 17.2. The summed E-state index contributed by atoms with van der Waals surface area (Å²) in [5.74, 6) is 0. The van der Waals surface area contributed by atoms with E-state index in [1.165, 1.54) is 0 Å². The van der Waals surface area contributed by atoms with Gasteiger partial charge < -0.3 is 18.4 Å². The molecule has 102 valence electrons. The molecule has 0 saturated carbocycles. The molecule has 0 amide bonds. The van der Waals surface area contributed by atoms with Crippen LogP contribution in [0.4, 0.5) is 0 Å². The highest BCUT2D eigenvalue weighted by Gasteiger charge is 2.51. The van der Waals surface area contributed by atoms with Crippen molar-refractivity contribution in [2.24, 2.45) is 0 Å². The summed E-state index contributed by atoms with van der Waals surface area (Å²) in [6, 6.07) is 0. The molecule has 0 bridgehead atoms. The maximum absolute atomic E-state index is 9.63. The van der Waals surface area contributed by atoms with Crippen molar-refractivity contribution in [2.45, 2.75) is 58.8 Å². The Kier molecular flexibility index (Phi) is 7.42. The molecule has 1 unspecified atom stereocenters. The Hall–Kier alpha value is -0.0131. The van der Waals surface area contributed by atoms with Crippen LogP contribution in [0.25, 0.3) is 0 Å². The van der Waals surface area contributed by atoms with E-state index in [9.17, 15) is 5.11 Å². The molecule has 0 heterocycles. The SMILES string of the molecule is CCC(C(O)=S)[Si](OC)(OC(C)C)OC(C)C. The Morgan fingerprint density at radius 1 is 1.18 bits per heavy atom. The zero-order valence-corrected chi connectivity index (χ0v) is 13.3. The molecule has 0 saturated heterocycles. The zero-order valence-electron chi connectivity index (χ0n) is 11.5. The molecule has 0 spiro atoms. The van der Waals surface area contributed by atoms with E-state index in [2.05, 4.69) is 0 Å². The fourth-order valence-electron chi connectivity index (χ4n) is 1.66. The summed E-state index contributed by atoms with van der Waals surface area (Å²) in [6.07, 6.45) is 0.557. The second-order valence-electron chi connectivity index (χ2n) is 4.44. The standard InChI is InChI=1S/C11H24O4SSi/c1-7-10(11(12)16)17(13-6,14-8(2)3)15-9(4)5/h8-10H,7H2,1-6H3,(H,12,16). The monoisotopic (exact) mass is 280 g/mol. The third kappa shape index (κ3) is 5.01. The Labute approximate surface area is 111 Å². The second kappa shape index (κ2) is 7.43. The van der Waals surface area contributed by atoms with E-state index >= 15 is 0 Å². The number of thiocarbonyl (C=S) groups is 1.